The van der Waals surface area contributed by atoms with Gasteiger partial charge in [0.1, 0.15) is 6.04 Å². The number of nitrogens with zero attached hydrogens (tertiary/aromatic N) is 2. The van der Waals surface area contributed by atoms with Gasteiger partial charge in [0.2, 0.25) is 11.8 Å². The minimum absolute atomic E-state index is 0.164. The molecule has 7 nitrogen and oxygen atoms in total. The van der Waals surface area contributed by atoms with Crippen LogP contribution in [-0.4, -0.2) is 38.9 Å². The molecule has 0 aliphatic carbocycles. The van der Waals surface area contributed by atoms with E-state index in [1.165, 1.54) is 18.7 Å². The number of aromatic nitrogens is 2. The molecule has 1 atom stereocenters. The van der Waals surface area contributed by atoms with Gasteiger partial charge < -0.3 is 14.9 Å². The van der Waals surface area contributed by atoms with Gasteiger partial charge in [-0.3, -0.25) is 4.79 Å². The van der Waals surface area contributed by atoms with E-state index in [2.05, 4.69) is 15.5 Å². The molecule has 0 radical (unpaired) electrons. The van der Waals surface area contributed by atoms with Gasteiger partial charge in [0.15, 0.2) is 5.82 Å². The Morgan fingerprint density at radius 1 is 1.47 bits per heavy atom. The van der Waals surface area contributed by atoms with Crippen molar-refractivity contribution in [2.45, 2.75) is 38.5 Å². The minimum Gasteiger partial charge on any atom is -0.480 e. The van der Waals surface area contributed by atoms with E-state index in [1.807, 2.05) is 13.8 Å². The molecule has 0 saturated carbocycles. The average Bonchev–Trinajstić information content (AvgIpc) is 2.75. The lowest BCUT2D eigenvalue weighted by atomic mass is 10.2. The summed E-state index contributed by atoms with van der Waals surface area (Å²) < 4.78 is 5.04. The first-order valence-electron chi connectivity index (χ1n) is 5.80. The highest BCUT2D eigenvalue weighted by atomic mass is 32.2. The summed E-state index contributed by atoms with van der Waals surface area (Å²) in [5.74, 6) is 0.527. The van der Waals surface area contributed by atoms with Crippen molar-refractivity contribution in [3.8, 4) is 0 Å². The molecular formula is C11H17N3O4S. The number of hydrogen-bond acceptors (Lipinski definition) is 6. The second kappa shape index (κ2) is 7.13. The largest absolute Gasteiger partial charge is 0.480 e. The number of hydrogen-bond donors (Lipinski definition) is 2. The molecule has 0 fully saturated rings. The Labute approximate surface area is 115 Å². The summed E-state index contributed by atoms with van der Waals surface area (Å²) in [6.07, 6.45) is 0. The van der Waals surface area contributed by atoms with Crippen LogP contribution in [0.5, 0.6) is 0 Å². The molecule has 1 aromatic rings. The second-order valence-electron chi connectivity index (χ2n) is 4.31. The maximum Gasteiger partial charge on any atom is 0.327 e. The van der Waals surface area contributed by atoms with Crippen molar-refractivity contribution >= 4 is 23.6 Å². The van der Waals surface area contributed by atoms with E-state index < -0.39 is 12.0 Å². The number of aliphatic carboxylic acids is 1. The highest BCUT2D eigenvalue weighted by Crippen LogP contribution is 2.15. The van der Waals surface area contributed by atoms with E-state index in [9.17, 15) is 9.59 Å². The van der Waals surface area contributed by atoms with Gasteiger partial charge in [-0.05, 0) is 0 Å². The summed E-state index contributed by atoms with van der Waals surface area (Å²) in [6, 6.07) is -0.904. The molecule has 0 aromatic carbocycles. The monoisotopic (exact) mass is 287 g/mol. The lowest BCUT2D eigenvalue weighted by Crippen LogP contribution is -2.41. The molecular weight excluding hydrogens is 270 g/mol. The van der Waals surface area contributed by atoms with Gasteiger partial charge in [-0.2, -0.15) is 16.7 Å². The predicted octanol–water partition coefficient (Wildman–Crippen LogP) is 1.02. The highest BCUT2D eigenvalue weighted by Gasteiger charge is 2.18. The maximum absolute atomic E-state index is 10.9. The number of amides is 1. The molecule has 0 unspecified atom stereocenters. The van der Waals surface area contributed by atoms with E-state index in [1.54, 1.807) is 0 Å². The summed E-state index contributed by atoms with van der Waals surface area (Å²) in [5.41, 5.74) is 0. The van der Waals surface area contributed by atoms with Crippen LogP contribution < -0.4 is 5.32 Å². The zero-order valence-electron chi connectivity index (χ0n) is 11.0. The molecule has 1 heterocycles. The van der Waals surface area contributed by atoms with Gasteiger partial charge in [-0.1, -0.05) is 19.0 Å². The van der Waals surface area contributed by atoms with Crippen LogP contribution in [0, 0.1) is 0 Å². The number of carboxylic acids is 1. The fourth-order valence-corrected chi connectivity index (χ4v) is 2.13. The fourth-order valence-electron chi connectivity index (χ4n) is 1.25. The van der Waals surface area contributed by atoms with Crippen LogP contribution in [0.2, 0.25) is 0 Å². The first-order valence-corrected chi connectivity index (χ1v) is 6.95. The first-order chi connectivity index (χ1) is 8.90. The van der Waals surface area contributed by atoms with Crippen LogP contribution in [0.3, 0.4) is 0 Å². The number of nitrogens with one attached hydrogen (secondary N) is 1. The van der Waals surface area contributed by atoms with Gasteiger partial charge in [-0.15, -0.1) is 0 Å². The quantitative estimate of drug-likeness (QED) is 0.771. The Hall–Kier alpha value is -1.57. The van der Waals surface area contributed by atoms with Crippen molar-refractivity contribution in [1.29, 1.82) is 0 Å². The Kier molecular flexibility index (Phi) is 5.81. The fraction of sp³-hybridized carbons (Fsp3) is 0.636. The second-order valence-corrected chi connectivity index (χ2v) is 5.34. The first kappa shape index (κ1) is 15.5. The summed E-state index contributed by atoms with van der Waals surface area (Å²) in [4.78, 5) is 25.9. The number of rotatable bonds is 7. The summed E-state index contributed by atoms with van der Waals surface area (Å²) in [6.45, 7) is 5.18. The van der Waals surface area contributed by atoms with Crippen LogP contribution in [0.25, 0.3) is 0 Å². The molecule has 0 spiro atoms. The number of thioether (sulfide) groups is 1. The normalized spacial score (nSPS) is 12.4. The molecule has 0 aliphatic heterocycles. The highest BCUT2D eigenvalue weighted by molar-refractivity contribution is 7.98. The zero-order valence-corrected chi connectivity index (χ0v) is 11.9. The van der Waals surface area contributed by atoms with Gasteiger partial charge in [0, 0.05) is 18.6 Å². The molecule has 1 amide bonds. The average molecular weight is 287 g/mol. The van der Waals surface area contributed by atoms with Crippen LogP contribution in [0.1, 0.15) is 38.4 Å². The van der Waals surface area contributed by atoms with Gasteiger partial charge in [0.05, 0.1) is 5.75 Å². The van der Waals surface area contributed by atoms with E-state index in [0.29, 0.717) is 17.5 Å². The van der Waals surface area contributed by atoms with Gasteiger partial charge >= 0.3 is 5.97 Å². The Balaban J connectivity index is 2.42. The summed E-state index contributed by atoms with van der Waals surface area (Å²) in [7, 11) is 0. The third kappa shape index (κ3) is 5.29. The minimum atomic E-state index is -1.06. The Morgan fingerprint density at radius 2 is 2.16 bits per heavy atom. The van der Waals surface area contributed by atoms with Crippen molar-refractivity contribution < 1.29 is 19.2 Å². The van der Waals surface area contributed by atoms with Crippen molar-refractivity contribution in [3.63, 3.8) is 0 Å². The standard InChI is InChI=1S/C11H17N3O4S/c1-6(2)10-13-9(14-18-10)5-19-4-8(11(16)17)12-7(3)15/h6,8H,4-5H2,1-3H3,(H,12,15)(H,16,17)/t8-/m0/s1. The Morgan fingerprint density at radius 3 is 2.63 bits per heavy atom. The molecule has 0 bridgehead atoms. The number of carbonyl (C=O) groups is 2. The van der Waals surface area contributed by atoms with Gasteiger partial charge in [-0.25, -0.2) is 4.79 Å². The van der Waals surface area contributed by atoms with Crippen molar-refractivity contribution in [2.24, 2.45) is 0 Å². The molecule has 0 aliphatic rings. The molecule has 106 valence electrons. The molecule has 2 N–H and O–H groups in total. The van der Waals surface area contributed by atoms with E-state index in [0.717, 1.165) is 0 Å². The number of carboxylic acid groups (broad SMARTS) is 1. The molecule has 1 rings (SSSR count). The zero-order chi connectivity index (χ0) is 14.4. The van der Waals surface area contributed by atoms with Crippen molar-refractivity contribution in [1.82, 2.24) is 15.5 Å². The Bertz CT molecular complexity index is 447. The molecule has 8 heteroatoms. The van der Waals surface area contributed by atoms with Crippen LogP contribution in [-0.2, 0) is 15.3 Å². The summed E-state index contributed by atoms with van der Waals surface area (Å²) in [5, 5.41) is 15.1. The third-order valence-electron chi connectivity index (χ3n) is 2.17. The molecule has 19 heavy (non-hydrogen) atoms. The predicted molar refractivity (Wildman–Crippen MR) is 69.8 cm³/mol. The van der Waals surface area contributed by atoms with Gasteiger partial charge in [0.25, 0.3) is 0 Å². The SMILES string of the molecule is CC(=O)N[C@@H](CSCc1noc(C(C)C)n1)C(=O)O. The maximum atomic E-state index is 10.9. The topological polar surface area (TPSA) is 105 Å². The smallest absolute Gasteiger partial charge is 0.327 e. The lowest BCUT2D eigenvalue weighted by Gasteiger charge is -2.11. The lowest BCUT2D eigenvalue weighted by molar-refractivity contribution is -0.140. The molecule has 0 saturated heterocycles. The van der Waals surface area contributed by atoms with Crippen LogP contribution in [0.4, 0.5) is 0 Å². The van der Waals surface area contributed by atoms with E-state index >= 15 is 0 Å². The van der Waals surface area contributed by atoms with Crippen molar-refractivity contribution in [3.05, 3.63) is 11.7 Å². The summed E-state index contributed by atoms with van der Waals surface area (Å²) >= 11 is 1.33. The van der Waals surface area contributed by atoms with Crippen LogP contribution in [0.15, 0.2) is 4.52 Å². The number of carbonyl (C=O) groups excluding carboxylic acids is 1. The third-order valence-corrected chi connectivity index (χ3v) is 3.20. The van der Waals surface area contributed by atoms with E-state index in [-0.39, 0.29) is 17.6 Å². The van der Waals surface area contributed by atoms with Crippen molar-refractivity contribution in [2.75, 3.05) is 5.75 Å². The van der Waals surface area contributed by atoms with Crippen LogP contribution >= 0.6 is 11.8 Å². The molecule has 1 aromatic heterocycles. The van der Waals surface area contributed by atoms with E-state index in [4.69, 9.17) is 9.63 Å².